The van der Waals surface area contributed by atoms with Gasteiger partial charge in [-0.3, -0.25) is 9.59 Å². The quantitative estimate of drug-likeness (QED) is 0.229. The minimum Gasteiger partial charge on any atom is -0.393 e. The third kappa shape index (κ3) is 6.47. The van der Waals surface area contributed by atoms with Crippen LogP contribution in [-0.2, 0) is 12.8 Å². The monoisotopic (exact) mass is 521 g/mol. The fourth-order valence-corrected chi connectivity index (χ4v) is 5.02. The predicted octanol–water partition coefficient (Wildman–Crippen LogP) is 6.19. The second-order valence-electron chi connectivity index (χ2n) is 10.4. The molecule has 3 aromatic carbocycles. The summed E-state index contributed by atoms with van der Waals surface area (Å²) in [5, 5.41) is 13.1. The normalized spacial score (nSPS) is 13.9. The van der Waals surface area contributed by atoms with Crippen LogP contribution in [0.5, 0.6) is 0 Å². The van der Waals surface area contributed by atoms with E-state index in [1.807, 2.05) is 86.6 Å². The standard InChI is InChI=1S/C33H35N3O3/c1-22-23(2)34-21-31(22)33(39)20-25-5-11-28(12-6-25)35-27-9-3-24(4-10-27)19-32(38)26-7-13-29(14-8-26)36-17-15-30(37)16-18-36/h3-14,21,30,34-35,37H,15-20H2,1-2H3. The maximum absolute atomic E-state index is 12.9. The Morgan fingerprint density at radius 3 is 1.87 bits per heavy atom. The summed E-state index contributed by atoms with van der Waals surface area (Å²) >= 11 is 0. The number of piperidine rings is 1. The molecule has 0 radical (unpaired) electrons. The van der Waals surface area contributed by atoms with Crippen LogP contribution in [0.3, 0.4) is 0 Å². The van der Waals surface area contributed by atoms with Gasteiger partial charge in [0.2, 0.25) is 0 Å². The zero-order valence-corrected chi connectivity index (χ0v) is 22.5. The third-order valence-corrected chi connectivity index (χ3v) is 7.64. The van der Waals surface area contributed by atoms with Gasteiger partial charge in [0, 0.05) is 66.0 Å². The molecule has 1 aliphatic heterocycles. The molecule has 39 heavy (non-hydrogen) atoms. The molecule has 0 spiro atoms. The van der Waals surface area contributed by atoms with Crippen LogP contribution in [-0.4, -0.2) is 40.9 Å². The molecular formula is C33H35N3O3. The van der Waals surface area contributed by atoms with E-state index < -0.39 is 0 Å². The first-order valence-corrected chi connectivity index (χ1v) is 13.5. The first kappa shape index (κ1) is 26.4. The summed E-state index contributed by atoms with van der Waals surface area (Å²) in [5.74, 6) is 0.202. The average Bonchev–Trinajstić information content (AvgIpc) is 3.29. The zero-order valence-electron chi connectivity index (χ0n) is 22.5. The van der Waals surface area contributed by atoms with Crippen molar-refractivity contribution in [2.75, 3.05) is 23.3 Å². The van der Waals surface area contributed by atoms with Crippen LogP contribution in [0.1, 0.15) is 55.9 Å². The number of aliphatic hydroxyl groups excluding tert-OH is 1. The lowest BCUT2D eigenvalue weighted by molar-refractivity contribution is 0.0984. The summed E-state index contributed by atoms with van der Waals surface area (Å²) in [4.78, 5) is 30.9. The molecule has 6 nitrogen and oxygen atoms in total. The van der Waals surface area contributed by atoms with Gasteiger partial charge in [-0.1, -0.05) is 24.3 Å². The van der Waals surface area contributed by atoms with Crippen molar-refractivity contribution in [2.24, 2.45) is 0 Å². The van der Waals surface area contributed by atoms with Gasteiger partial charge in [0.05, 0.1) is 6.10 Å². The highest BCUT2D eigenvalue weighted by Crippen LogP contribution is 2.23. The summed E-state index contributed by atoms with van der Waals surface area (Å²) in [7, 11) is 0. The topological polar surface area (TPSA) is 85.4 Å². The van der Waals surface area contributed by atoms with Crippen molar-refractivity contribution in [3.63, 3.8) is 0 Å². The first-order valence-electron chi connectivity index (χ1n) is 13.5. The molecule has 0 bridgehead atoms. The zero-order chi connectivity index (χ0) is 27.4. The Bertz CT molecular complexity index is 1430. The highest BCUT2D eigenvalue weighted by molar-refractivity contribution is 5.99. The number of aromatic amines is 1. The van der Waals surface area contributed by atoms with E-state index in [1.54, 1.807) is 6.20 Å². The van der Waals surface area contributed by atoms with Gasteiger partial charge in [0.1, 0.15) is 0 Å². The Morgan fingerprint density at radius 2 is 1.36 bits per heavy atom. The summed E-state index contributed by atoms with van der Waals surface area (Å²) in [6, 6.07) is 23.6. The van der Waals surface area contributed by atoms with Crippen LogP contribution >= 0.6 is 0 Å². The van der Waals surface area contributed by atoms with E-state index in [0.29, 0.717) is 18.4 Å². The lowest BCUT2D eigenvalue weighted by Crippen LogP contribution is -2.35. The van der Waals surface area contributed by atoms with Crippen LogP contribution in [0.15, 0.2) is 79.0 Å². The maximum atomic E-state index is 12.9. The van der Waals surface area contributed by atoms with E-state index in [-0.39, 0.29) is 17.7 Å². The van der Waals surface area contributed by atoms with Gasteiger partial charge in [-0.25, -0.2) is 0 Å². The maximum Gasteiger partial charge on any atom is 0.169 e. The van der Waals surface area contributed by atoms with Gasteiger partial charge in [-0.2, -0.15) is 0 Å². The van der Waals surface area contributed by atoms with Gasteiger partial charge in [0.25, 0.3) is 0 Å². The molecule has 5 rings (SSSR count). The summed E-state index contributed by atoms with van der Waals surface area (Å²) in [6.07, 6.45) is 3.87. The summed E-state index contributed by atoms with van der Waals surface area (Å²) < 4.78 is 0. The number of nitrogens with zero attached hydrogens (tertiary/aromatic N) is 1. The Kier molecular flexibility index (Phi) is 7.94. The molecule has 0 aliphatic carbocycles. The van der Waals surface area contributed by atoms with Crippen molar-refractivity contribution >= 4 is 28.6 Å². The summed E-state index contributed by atoms with van der Waals surface area (Å²) in [5.41, 5.74) is 8.40. The molecule has 1 saturated heterocycles. The smallest absolute Gasteiger partial charge is 0.169 e. The van der Waals surface area contributed by atoms with Crippen LogP contribution in [0.4, 0.5) is 17.1 Å². The van der Waals surface area contributed by atoms with Crippen LogP contribution in [0.25, 0.3) is 0 Å². The van der Waals surface area contributed by atoms with Crippen molar-refractivity contribution in [2.45, 2.75) is 45.6 Å². The predicted molar refractivity (Wildman–Crippen MR) is 156 cm³/mol. The van der Waals surface area contributed by atoms with E-state index >= 15 is 0 Å². The Balaban J connectivity index is 1.13. The number of hydrogen-bond acceptors (Lipinski definition) is 5. The number of Topliss-reactive ketones (excluding diaryl/α,β-unsaturated/α-hetero) is 2. The number of aryl methyl sites for hydroxylation is 1. The fourth-order valence-electron chi connectivity index (χ4n) is 5.02. The molecule has 1 aliphatic rings. The number of aliphatic hydroxyl groups is 1. The molecule has 0 saturated carbocycles. The number of carbonyl (C=O) groups excluding carboxylic acids is 2. The van der Waals surface area contributed by atoms with Crippen molar-refractivity contribution in [3.8, 4) is 0 Å². The molecule has 1 aromatic heterocycles. The fraction of sp³-hybridized carbons (Fsp3) is 0.273. The average molecular weight is 522 g/mol. The van der Waals surface area contributed by atoms with Gasteiger partial charge < -0.3 is 20.3 Å². The second kappa shape index (κ2) is 11.7. The third-order valence-electron chi connectivity index (χ3n) is 7.64. The molecule has 4 aromatic rings. The number of rotatable bonds is 9. The van der Waals surface area contributed by atoms with Crippen LogP contribution < -0.4 is 10.2 Å². The van der Waals surface area contributed by atoms with Crippen LogP contribution in [0.2, 0.25) is 0 Å². The minimum atomic E-state index is -0.199. The Labute approximate surface area is 229 Å². The lowest BCUT2D eigenvalue weighted by atomic mass is 10.0. The number of nitrogens with one attached hydrogen (secondary N) is 2. The number of aromatic nitrogens is 1. The van der Waals surface area contributed by atoms with Crippen molar-refractivity contribution < 1.29 is 14.7 Å². The van der Waals surface area contributed by atoms with E-state index in [9.17, 15) is 14.7 Å². The number of H-pyrrole nitrogens is 1. The molecule has 2 heterocycles. The molecule has 0 unspecified atom stereocenters. The highest BCUT2D eigenvalue weighted by atomic mass is 16.3. The second-order valence-corrected chi connectivity index (χ2v) is 10.4. The Hall–Kier alpha value is -4.16. The molecule has 200 valence electrons. The SMILES string of the molecule is Cc1[nH]cc(C(=O)Cc2ccc(Nc3ccc(CC(=O)c4ccc(N5CCC(O)CC5)cc4)cc3)cc2)c1C. The Morgan fingerprint density at radius 1 is 0.821 bits per heavy atom. The van der Waals surface area contributed by atoms with Crippen molar-refractivity contribution in [1.29, 1.82) is 0 Å². The minimum absolute atomic E-state index is 0.0893. The number of carbonyl (C=O) groups is 2. The molecule has 0 amide bonds. The highest BCUT2D eigenvalue weighted by Gasteiger charge is 2.18. The summed E-state index contributed by atoms with van der Waals surface area (Å²) in [6.45, 7) is 5.62. The van der Waals surface area contributed by atoms with Gasteiger partial charge in [-0.05, 0) is 91.9 Å². The number of hydrogen-bond donors (Lipinski definition) is 3. The van der Waals surface area contributed by atoms with Crippen LogP contribution in [0, 0.1) is 13.8 Å². The molecule has 3 N–H and O–H groups in total. The van der Waals surface area contributed by atoms with Crippen molar-refractivity contribution in [1.82, 2.24) is 4.98 Å². The number of benzene rings is 3. The molecule has 1 fully saturated rings. The van der Waals surface area contributed by atoms with Gasteiger partial charge in [0.15, 0.2) is 11.6 Å². The van der Waals surface area contributed by atoms with Crippen molar-refractivity contribution in [3.05, 3.63) is 113 Å². The largest absolute Gasteiger partial charge is 0.393 e. The first-order chi connectivity index (χ1) is 18.9. The lowest BCUT2D eigenvalue weighted by Gasteiger charge is -2.31. The van der Waals surface area contributed by atoms with Gasteiger partial charge >= 0.3 is 0 Å². The molecular weight excluding hydrogens is 486 g/mol. The molecule has 6 heteroatoms. The van der Waals surface area contributed by atoms with E-state index in [1.165, 1.54) is 0 Å². The van der Waals surface area contributed by atoms with E-state index in [0.717, 1.165) is 70.9 Å². The van der Waals surface area contributed by atoms with E-state index in [2.05, 4.69) is 15.2 Å². The molecule has 0 atom stereocenters. The number of ketones is 2. The number of anilines is 3. The van der Waals surface area contributed by atoms with Gasteiger partial charge in [-0.15, -0.1) is 0 Å². The van der Waals surface area contributed by atoms with E-state index in [4.69, 9.17) is 0 Å².